The normalized spacial score (nSPS) is 18.7. The molecule has 1 fully saturated rings. The number of ether oxygens (including phenoxy) is 1. The van der Waals surface area contributed by atoms with Gasteiger partial charge < -0.3 is 20.7 Å². The van der Waals surface area contributed by atoms with E-state index in [4.69, 9.17) is 10.5 Å². The van der Waals surface area contributed by atoms with Crippen molar-refractivity contribution in [2.75, 3.05) is 57.4 Å². The molecule has 3 rings (SSSR count). The number of guanidine groups is 1. The summed E-state index contributed by atoms with van der Waals surface area (Å²) in [5.41, 5.74) is 8.41. The Labute approximate surface area is 150 Å². The van der Waals surface area contributed by atoms with Gasteiger partial charge in [0, 0.05) is 38.4 Å². The predicted molar refractivity (Wildman–Crippen MR) is 103 cm³/mol. The molecule has 3 N–H and O–H groups in total. The maximum absolute atomic E-state index is 5.99. The van der Waals surface area contributed by atoms with Crippen LogP contribution in [0.1, 0.15) is 12.0 Å². The van der Waals surface area contributed by atoms with Gasteiger partial charge in [-0.15, -0.1) is 0 Å². The lowest BCUT2D eigenvalue weighted by Gasteiger charge is -2.26. The minimum atomic E-state index is 0.523. The quantitative estimate of drug-likeness (QED) is 0.337. The number of morpholine rings is 1. The van der Waals surface area contributed by atoms with Crippen LogP contribution in [-0.2, 0) is 11.3 Å². The Kier molecular flexibility index (Phi) is 6.71. The number of nitrogens with one attached hydrogen (secondary N) is 1. The Morgan fingerprint density at radius 2 is 2.00 bits per heavy atom. The first-order chi connectivity index (χ1) is 12.3. The van der Waals surface area contributed by atoms with Crippen LogP contribution in [0.15, 0.2) is 41.4 Å². The molecule has 0 radical (unpaired) electrons. The summed E-state index contributed by atoms with van der Waals surface area (Å²) in [5.74, 6) is 0.523. The first-order valence-electron chi connectivity index (χ1n) is 9.14. The number of rotatable bonds is 7. The van der Waals surface area contributed by atoms with E-state index in [1.807, 2.05) is 0 Å². The zero-order valence-electron chi connectivity index (χ0n) is 14.9. The van der Waals surface area contributed by atoms with Gasteiger partial charge in [-0.2, -0.15) is 0 Å². The van der Waals surface area contributed by atoms with Crippen molar-refractivity contribution < 1.29 is 4.74 Å². The van der Waals surface area contributed by atoms with Crippen LogP contribution in [0, 0.1) is 0 Å². The third-order valence-electron chi connectivity index (χ3n) is 4.59. The van der Waals surface area contributed by atoms with E-state index in [1.165, 1.54) is 11.3 Å². The Hall–Kier alpha value is -2.05. The van der Waals surface area contributed by atoms with Crippen molar-refractivity contribution in [2.45, 2.75) is 13.0 Å². The van der Waals surface area contributed by atoms with Crippen molar-refractivity contribution in [3.63, 3.8) is 0 Å². The van der Waals surface area contributed by atoms with Gasteiger partial charge in [0.05, 0.1) is 19.8 Å². The Morgan fingerprint density at radius 3 is 2.80 bits per heavy atom. The molecular formula is C19H29N5O. The third kappa shape index (κ3) is 5.76. The van der Waals surface area contributed by atoms with Gasteiger partial charge in [-0.3, -0.25) is 4.90 Å². The number of nitrogens with zero attached hydrogens (tertiary/aromatic N) is 3. The van der Waals surface area contributed by atoms with Gasteiger partial charge in [-0.05, 0) is 30.7 Å². The van der Waals surface area contributed by atoms with Gasteiger partial charge in [0.1, 0.15) is 0 Å². The SMILES string of the molecule is NC(=NCc1cccc(N2CC=CC2)c1)NCCCN1CCOCC1. The largest absolute Gasteiger partial charge is 0.379 e. The fourth-order valence-electron chi connectivity index (χ4n) is 3.12. The topological polar surface area (TPSA) is 66.1 Å². The molecule has 2 heterocycles. The fourth-order valence-corrected chi connectivity index (χ4v) is 3.12. The summed E-state index contributed by atoms with van der Waals surface area (Å²) in [7, 11) is 0. The second kappa shape index (κ2) is 9.44. The van der Waals surface area contributed by atoms with Crippen molar-refractivity contribution in [1.29, 1.82) is 0 Å². The minimum Gasteiger partial charge on any atom is -0.379 e. The molecule has 0 saturated carbocycles. The molecule has 0 atom stereocenters. The van der Waals surface area contributed by atoms with Crippen molar-refractivity contribution in [3.8, 4) is 0 Å². The second-order valence-corrected chi connectivity index (χ2v) is 6.48. The van der Waals surface area contributed by atoms with E-state index in [1.54, 1.807) is 0 Å². The number of aliphatic imine (C=N–C) groups is 1. The summed E-state index contributed by atoms with van der Waals surface area (Å²) in [6.45, 7) is 8.28. The molecule has 0 bridgehead atoms. The van der Waals surface area contributed by atoms with Crippen LogP contribution in [0.25, 0.3) is 0 Å². The fraction of sp³-hybridized carbons (Fsp3) is 0.526. The molecule has 6 nitrogen and oxygen atoms in total. The lowest BCUT2D eigenvalue weighted by atomic mass is 10.2. The standard InChI is InChI=1S/C19H29N5O/c20-19(21-7-4-8-23-11-13-25-14-12-23)22-16-17-5-3-6-18(15-17)24-9-1-2-10-24/h1-3,5-6,15H,4,7-14,16H2,(H3,20,21,22). The highest BCUT2D eigenvalue weighted by molar-refractivity contribution is 5.77. The average molecular weight is 343 g/mol. The summed E-state index contributed by atoms with van der Waals surface area (Å²) in [4.78, 5) is 9.22. The molecule has 6 heteroatoms. The maximum atomic E-state index is 5.99. The minimum absolute atomic E-state index is 0.523. The molecule has 0 unspecified atom stereocenters. The highest BCUT2D eigenvalue weighted by atomic mass is 16.5. The molecule has 0 spiro atoms. The van der Waals surface area contributed by atoms with Crippen molar-refractivity contribution in [2.24, 2.45) is 10.7 Å². The second-order valence-electron chi connectivity index (χ2n) is 6.48. The lowest BCUT2D eigenvalue weighted by Crippen LogP contribution is -2.39. The zero-order chi connectivity index (χ0) is 17.3. The van der Waals surface area contributed by atoms with Crippen LogP contribution in [0.3, 0.4) is 0 Å². The summed E-state index contributed by atoms with van der Waals surface area (Å²) in [5, 5.41) is 3.21. The number of hydrogen-bond acceptors (Lipinski definition) is 4. The highest BCUT2D eigenvalue weighted by Crippen LogP contribution is 2.18. The summed E-state index contributed by atoms with van der Waals surface area (Å²) < 4.78 is 5.36. The van der Waals surface area contributed by atoms with Gasteiger partial charge in [0.25, 0.3) is 0 Å². The van der Waals surface area contributed by atoms with Crippen LogP contribution in [0.2, 0.25) is 0 Å². The molecule has 2 aliphatic heterocycles. The van der Waals surface area contributed by atoms with E-state index in [2.05, 4.69) is 56.5 Å². The van der Waals surface area contributed by atoms with Crippen molar-refractivity contribution in [3.05, 3.63) is 42.0 Å². The van der Waals surface area contributed by atoms with Crippen molar-refractivity contribution >= 4 is 11.6 Å². The summed E-state index contributed by atoms with van der Waals surface area (Å²) >= 11 is 0. The molecule has 0 amide bonds. The van der Waals surface area contributed by atoms with E-state index < -0.39 is 0 Å². The number of nitrogens with two attached hydrogens (primary N) is 1. The number of hydrogen-bond donors (Lipinski definition) is 2. The molecule has 1 aromatic carbocycles. The highest BCUT2D eigenvalue weighted by Gasteiger charge is 2.09. The molecule has 0 aromatic heterocycles. The molecular weight excluding hydrogens is 314 g/mol. The predicted octanol–water partition coefficient (Wildman–Crippen LogP) is 1.19. The Bertz CT molecular complexity index is 587. The monoisotopic (exact) mass is 343 g/mol. The smallest absolute Gasteiger partial charge is 0.188 e. The first kappa shape index (κ1) is 17.8. The number of anilines is 1. The van der Waals surface area contributed by atoms with Crippen molar-refractivity contribution in [1.82, 2.24) is 10.2 Å². The molecule has 136 valence electrons. The van der Waals surface area contributed by atoms with Gasteiger partial charge in [-0.1, -0.05) is 24.3 Å². The van der Waals surface area contributed by atoms with E-state index >= 15 is 0 Å². The van der Waals surface area contributed by atoms with Crippen LogP contribution in [0.5, 0.6) is 0 Å². The molecule has 2 aliphatic rings. The van der Waals surface area contributed by atoms with E-state index in [0.29, 0.717) is 12.5 Å². The Morgan fingerprint density at radius 1 is 1.20 bits per heavy atom. The number of benzene rings is 1. The van der Waals surface area contributed by atoms with Gasteiger partial charge >= 0.3 is 0 Å². The van der Waals surface area contributed by atoms with E-state index in [9.17, 15) is 0 Å². The van der Waals surface area contributed by atoms with E-state index in [-0.39, 0.29) is 0 Å². The molecule has 1 aromatic rings. The van der Waals surface area contributed by atoms with Crippen LogP contribution < -0.4 is 16.0 Å². The lowest BCUT2D eigenvalue weighted by molar-refractivity contribution is 0.0376. The van der Waals surface area contributed by atoms with Crippen LogP contribution in [0.4, 0.5) is 5.69 Å². The first-order valence-corrected chi connectivity index (χ1v) is 9.14. The van der Waals surface area contributed by atoms with Crippen LogP contribution >= 0.6 is 0 Å². The van der Waals surface area contributed by atoms with E-state index in [0.717, 1.165) is 58.9 Å². The molecule has 1 saturated heterocycles. The summed E-state index contributed by atoms with van der Waals surface area (Å²) in [6, 6.07) is 8.53. The third-order valence-corrected chi connectivity index (χ3v) is 4.59. The van der Waals surface area contributed by atoms with Gasteiger partial charge in [0.2, 0.25) is 0 Å². The van der Waals surface area contributed by atoms with Gasteiger partial charge in [-0.25, -0.2) is 4.99 Å². The average Bonchev–Trinajstić information content (AvgIpc) is 3.19. The Balaban J connectivity index is 1.38. The summed E-state index contributed by atoms with van der Waals surface area (Å²) in [6.07, 6.45) is 5.46. The molecule has 0 aliphatic carbocycles. The van der Waals surface area contributed by atoms with Gasteiger partial charge in [0.15, 0.2) is 5.96 Å². The zero-order valence-corrected chi connectivity index (χ0v) is 14.9. The molecule has 25 heavy (non-hydrogen) atoms. The maximum Gasteiger partial charge on any atom is 0.188 e. The van der Waals surface area contributed by atoms with Crippen LogP contribution in [-0.4, -0.2) is 63.3 Å².